The number of rotatable bonds is 7. The van der Waals surface area contributed by atoms with Crippen molar-refractivity contribution >= 4 is 22.8 Å². The average molecular weight is 524 g/mol. The summed E-state index contributed by atoms with van der Waals surface area (Å²) in [6, 6.07) is 15.5. The van der Waals surface area contributed by atoms with Crippen molar-refractivity contribution in [3.8, 4) is 28.8 Å². The molecule has 10 heteroatoms. The molecular formula is C29H26FN7O2. The molecule has 2 aliphatic rings. The number of ether oxygens (including phenoxy) is 1. The van der Waals surface area contributed by atoms with Crippen LogP contribution >= 0.6 is 0 Å². The van der Waals surface area contributed by atoms with Gasteiger partial charge in [0.25, 0.3) is 5.91 Å². The van der Waals surface area contributed by atoms with Gasteiger partial charge in [-0.25, -0.2) is 19.0 Å². The van der Waals surface area contributed by atoms with Gasteiger partial charge in [-0.1, -0.05) is 24.3 Å². The Morgan fingerprint density at radius 1 is 1.18 bits per heavy atom. The molecule has 1 saturated carbocycles. The second-order valence-electron chi connectivity index (χ2n) is 9.87. The summed E-state index contributed by atoms with van der Waals surface area (Å²) < 4.78 is 22.5. The zero-order valence-electron chi connectivity index (χ0n) is 21.1. The normalized spacial score (nSPS) is 17.4. The van der Waals surface area contributed by atoms with Crippen LogP contribution in [0.5, 0.6) is 11.5 Å². The number of likely N-dealkylation sites (tertiary alicyclic amines) is 1. The van der Waals surface area contributed by atoms with Gasteiger partial charge >= 0.3 is 0 Å². The molecule has 0 bridgehead atoms. The summed E-state index contributed by atoms with van der Waals surface area (Å²) >= 11 is 0. The number of benzene rings is 2. The molecule has 1 saturated heterocycles. The van der Waals surface area contributed by atoms with Crippen molar-refractivity contribution < 1.29 is 13.9 Å². The molecule has 0 spiro atoms. The summed E-state index contributed by atoms with van der Waals surface area (Å²) in [6.45, 7) is 0.934. The fraction of sp³-hybridized carbons (Fsp3) is 0.276. The molecule has 2 aromatic heterocycles. The van der Waals surface area contributed by atoms with Crippen molar-refractivity contribution in [2.45, 2.75) is 38.3 Å². The van der Waals surface area contributed by atoms with Crippen LogP contribution in [0.2, 0.25) is 0 Å². The minimum Gasteiger partial charge on any atom is -0.454 e. The van der Waals surface area contributed by atoms with Gasteiger partial charge in [-0.3, -0.25) is 4.79 Å². The number of allylic oxidation sites excluding steroid dienone is 1. The van der Waals surface area contributed by atoms with E-state index in [0.29, 0.717) is 47.0 Å². The fourth-order valence-electron chi connectivity index (χ4n) is 5.01. The lowest BCUT2D eigenvalue weighted by atomic mass is 10.1. The molecule has 2 N–H and O–H groups in total. The molecule has 6 rings (SSSR count). The molecule has 1 aliphatic carbocycles. The lowest BCUT2D eigenvalue weighted by Gasteiger charge is -2.24. The van der Waals surface area contributed by atoms with Crippen LogP contribution in [0.3, 0.4) is 0 Å². The Morgan fingerprint density at radius 2 is 2.00 bits per heavy atom. The van der Waals surface area contributed by atoms with Crippen LogP contribution in [0.25, 0.3) is 22.3 Å². The number of nitrogens with two attached hydrogens (primary N) is 1. The van der Waals surface area contributed by atoms with Crippen LogP contribution in [-0.4, -0.2) is 43.1 Å². The number of halogens is 1. The molecule has 9 nitrogen and oxygen atoms in total. The number of nitrogens with zero attached hydrogens (tertiary/aromatic N) is 6. The van der Waals surface area contributed by atoms with Crippen LogP contribution in [0.1, 0.15) is 25.7 Å². The maximum atomic E-state index is 15.1. The number of amides is 1. The fourth-order valence-corrected chi connectivity index (χ4v) is 5.01. The van der Waals surface area contributed by atoms with Crippen LogP contribution in [0.4, 0.5) is 10.2 Å². The Balaban J connectivity index is 1.31. The van der Waals surface area contributed by atoms with Gasteiger partial charge < -0.3 is 15.4 Å². The summed E-state index contributed by atoms with van der Waals surface area (Å²) in [4.78, 5) is 23.5. The van der Waals surface area contributed by atoms with Crippen molar-refractivity contribution in [1.29, 1.82) is 5.26 Å². The largest absolute Gasteiger partial charge is 0.454 e. The summed E-state index contributed by atoms with van der Waals surface area (Å²) in [5, 5.41) is 14.9. The maximum Gasteiger partial charge on any atom is 0.264 e. The van der Waals surface area contributed by atoms with Crippen molar-refractivity contribution in [3.63, 3.8) is 0 Å². The van der Waals surface area contributed by atoms with Crippen LogP contribution in [0.15, 0.2) is 66.5 Å². The predicted octanol–water partition coefficient (Wildman–Crippen LogP) is 4.86. The van der Waals surface area contributed by atoms with Crippen molar-refractivity contribution in [1.82, 2.24) is 24.6 Å². The molecule has 1 amide bonds. The number of carbonyl (C=O) groups is 1. The minimum atomic E-state index is -0.548. The predicted molar refractivity (Wildman–Crippen MR) is 143 cm³/mol. The highest BCUT2D eigenvalue weighted by Gasteiger charge is 2.33. The smallest absolute Gasteiger partial charge is 0.264 e. The zero-order chi connectivity index (χ0) is 26.9. The maximum absolute atomic E-state index is 15.1. The van der Waals surface area contributed by atoms with E-state index in [2.05, 4.69) is 16.0 Å². The molecule has 2 fully saturated rings. The summed E-state index contributed by atoms with van der Waals surface area (Å²) in [5.74, 6) is 0.378. The Kier molecular flexibility index (Phi) is 6.40. The molecule has 39 heavy (non-hydrogen) atoms. The molecule has 0 radical (unpaired) electrons. The molecule has 2 aromatic carbocycles. The first-order chi connectivity index (χ1) is 19.0. The number of nitriles is 1. The van der Waals surface area contributed by atoms with Gasteiger partial charge in [0, 0.05) is 12.1 Å². The third kappa shape index (κ3) is 4.91. The molecular weight excluding hydrogens is 497 g/mol. The van der Waals surface area contributed by atoms with Gasteiger partial charge in [-0.15, -0.1) is 0 Å². The van der Waals surface area contributed by atoms with E-state index in [0.717, 1.165) is 25.7 Å². The molecule has 1 atom stereocenters. The van der Waals surface area contributed by atoms with Crippen molar-refractivity contribution in [2.75, 3.05) is 12.3 Å². The van der Waals surface area contributed by atoms with Gasteiger partial charge in [0.2, 0.25) is 0 Å². The van der Waals surface area contributed by atoms with E-state index in [1.54, 1.807) is 39.9 Å². The third-order valence-corrected chi connectivity index (χ3v) is 7.13. The SMILES string of the molecule is N#C/C(=C/C1CC1)C(=O)N1CCC[C@H]1Cn1nc(-c2ccc(Oc3ccccc3)c(F)c2)c2c(N)ncnc21. The Hall–Kier alpha value is -4.78. The highest BCUT2D eigenvalue weighted by molar-refractivity contribution is 5.99. The van der Waals surface area contributed by atoms with E-state index in [-0.39, 0.29) is 29.1 Å². The van der Waals surface area contributed by atoms with Gasteiger partial charge in [-0.2, -0.15) is 10.4 Å². The lowest BCUT2D eigenvalue weighted by molar-refractivity contribution is -0.127. The van der Waals surface area contributed by atoms with Crippen LogP contribution in [-0.2, 0) is 11.3 Å². The number of carbonyl (C=O) groups excluding carboxylic acids is 1. The molecule has 0 unspecified atom stereocenters. The highest BCUT2D eigenvalue weighted by atomic mass is 19.1. The second-order valence-corrected chi connectivity index (χ2v) is 9.87. The second kappa shape index (κ2) is 10.2. The first kappa shape index (κ1) is 24.6. The minimum absolute atomic E-state index is 0.0885. The highest BCUT2D eigenvalue weighted by Crippen LogP contribution is 2.35. The first-order valence-electron chi connectivity index (χ1n) is 12.9. The number of aromatic nitrogens is 4. The number of nitrogen functional groups attached to an aromatic ring is 1. The molecule has 1 aliphatic heterocycles. The van der Waals surface area contributed by atoms with E-state index in [1.165, 1.54) is 12.4 Å². The monoisotopic (exact) mass is 523 g/mol. The molecule has 196 valence electrons. The topological polar surface area (TPSA) is 123 Å². The van der Waals surface area contributed by atoms with Crippen molar-refractivity contribution in [2.24, 2.45) is 5.92 Å². The third-order valence-electron chi connectivity index (χ3n) is 7.13. The number of anilines is 1. The summed E-state index contributed by atoms with van der Waals surface area (Å²) in [5.41, 5.74) is 7.88. The number of hydrogen-bond donors (Lipinski definition) is 1. The zero-order valence-corrected chi connectivity index (χ0v) is 21.1. The van der Waals surface area contributed by atoms with E-state index >= 15 is 4.39 Å². The summed E-state index contributed by atoms with van der Waals surface area (Å²) in [7, 11) is 0. The Labute approximate surface area is 224 Å². The van der Waals surface area contributed by atoms with Crippen LogP contribution in [0, 0.1) is 23.1 Å². The van der Waals surface area contributed by atoms with Gasteiger partial charge in [0.15, 0.2) is 17.2 Å². The number of para-hydroxylation sites is 1. The first-order valence-corrected chi connectivity index (χ1v) is 12.9. The van der Waals surface area contributed by atoms with Gasteiger partial charge in [-0.05, 0) is 61.9 Å². The standard InChI is InChI=1S/C29H26FN7O2/c30-23-14-19(10-11-24(23)39-22-6-2-1-3-7-22)26-25-27(32)33-17-34-28(25)37(35-26)16-21-5-4-12-36(21)29(38)20(15-31)13-18-8-9-18/h1-3,6-7,10-11,13-14,17-18,21H,4-5,8-9,12,16H2,(H2,32,33,34)/b20-13-/t21-/m0/s1. The Morgan fingerprint density at radius 3 is 2.74 bits per heavy atom. The van der Waals surface area contributed by atoms with E-state index in [4.69, 9.17) is 15.6 Å². The van der Waals surface area contributed by atoms with E-state index in [9.17, 15) is 10.1 Å². The van der Waals surface area contributed by atoms with Gasteiger partial charge in [0.1, 0.15) is 35.2 Å². The molecule has 4 aromatic rings. The number of fused-ring (bicyclic) bond motifs is 1. The quantitative estimate of drug-likeness (QED) is 0.271. The summed E-state index contributed by atoms with van der Waals surface area (Å²) in [6.07, 6.45) is 6.80. The average Bonchev–Trinajstić information content (AvgIpc) is 3.52. The molecule has 3 heterocycles. The van der Waals surface area contributed by atoms with Gasteiger partial charge in [0.05, 0.1) is 18.0 Å². The van der Waals surface area contributed by atoms with Crippen LogP contribution < -0.4 is 10.5 Å². The lowest BCUT2D eigenvalue weighted by Crippen LogP contribution is -2.39. The van der Waals surface area contributed by atoms with E-state index < -0.39 is 5.82 Å². The Bertz CT molecular complexity index is 1620. The van der Waals surface area contributed by atoms with E-state index in [1.807, 2.05) is 18.2 Å². The van der Waals surface area contributed by atoms with Crippen molar-refractivity contribution in [3.05, 3.63) is 72.3 Å². The number of hydrogen-bond acceptors (Lipinski definition) is 7.